The number of rotatable bonds is 10. The van der Waals surface area contributed by atoms with E-state index in [0.29, 0.717) is 13.0 Å². The van der Waals surface area contributed by atoms with Gasteiger partial charge in [-0.15, -0.1) is 0 Å². The van der Waals surface area contributed by atoms with Crippen LogP contribution in [0.5, 0.6) is 5.75 Å². The fourth-order valence-electron chi connectivity index (χ4n) is 3.81. The molecule has 5 heteroatoms. The minimum Gasteiger partial charge on any atom is -0.489 e. The molecule has 2 aromatic rings. The Morgan fingerprint density at radius 1 is 1.12 bits per heavy atom. The van der Waals surface area contributed by atoms with Gasteiger partial charge in [-0.1, -0.05) is 42.5 Å². The van der Waals surface area contributed by atoms with Crippen LogP contribution in [-0.2, 0) is 11.2 Å². The number of aryl methyl sites for hydroxylation is 1. The fraction of sp³-hybridized carbons (Fsp3) is 0.333. The van der Waals surface area contributed by atoms with Crippen LogP contribution in [0, 0.1) is 0 Å². The first-order valence-corrected chi connectivity index (χ1v) is 11.3. The second kappa shape index (κ2) is 11.9. The Kier molecular flexibility index (Phi) is 8.67. The zero-order valence-corrected chi connectivity index (χ0v) is 19.0. The monoisotopic (exact) mass is 433 g/mol. The summed E-state index contributed by atoms with van der Waals surface area (Å²) in [7, 11) is 0. The summed E-state index contributed by atoms with van der Waals surface area (Å²) in [5.74, 6) is 1.25. The molecule has 168 valence electrons. The number of ether oxygens (including phenoxy) is 1. The van der Waals surface area contributed by atoms with Crippen LogP contribution < -0.4 is 9.64 Å². The predicted octanol–water partition coefficient (Wildman–Crippen LogP) is 4.93. The summed E-state index contributed by atoms with van der Waals surface area (Å²) in [6, 6.07) is 18.4. The smallest absolute Gasteiger partial charge is 0.303 e. The van der Waals surface area contributed by atoms with Crippen LogP contribution in [0.15, 0.2) is 78.4 Å². The molecule has 0 unspecified atom stereocenters. The Morgan fingerprint density at radius 3 is 2.56 bits per heavy atom. The van der Waals surface area contributed by atoms with Gasteiger partial charge in [0.1, 0.15) is 31.1 Å². The van der Waals surface area contributed by atoms with Gasteiger partial charge in [-0.2, -0.15) is 0 Å². The third-order valence-corrected chi connectivity index (χ3v) is 5.48. The number of aliphatic carboxylic acids is 1. The number of carbonyl (C=O) groups is 1. The molecule has 3 rings (SSSR count). The zero-order valence-electron chi connectivity index (χ0n) is 19.0. The highest BCUT2D eigenvalue weighted by Gasteiger charge is 2.23. The number of nitrogens with zero attached hydrogens (tertiary/aromatic N) is 2. The SMILES string of the molecule is CC[N+]1=C(N(CCOc2ccc(CCCC(=O)O)cc2)c2ccccc2)C=CC=C(C)C1. The molecule has 0 saturated carbocycles. The van der Waals surface area contributed by atoms with Crippen molar-refractivity contribution < 1.29 is 19.2 Å². The molecule has 0 aliphatic carbocycles. The highest BCUT2D eigenvalue weighted by atomic mass is 16.5. The van der Waals surface area contributed by atoms with Crippen molar-refractivity contribution in [1.82, 2.24) is 0 Å². The third kappa shape index (κ3) is 6.84. The molecule has 0 fully saturated rings. The van der Waals surface area contributed by atoms with Gasteiger partial charge in [0.2, 0.25) is 0 Å². The van der Waals surface area contributed by atoms with Gasteiger partial charge < -0.3 is 9.84 Å². The molecular weight excluding hydrogens is 400 g/mol. The lowest BCUT2D eigenvalue weighted by Crippen LogP contribution is -2.40. The normalized spacial score (nSPS) is 13.5. The van der Waals surface area contributed by atoms with Gasteiger partial charge >= 0.3 is 5.97 Å². The van der Waals surface area contributed by atoms with E-state index in [9.17, 15) is 4.79 Å². The Hall–Kier alpha value is -3.34. The molecule has 1 aliphatic heterocycles. The molecule has 2 aromatic carbocycles. The molecule has 1 heterocycles. The maximum absolute atomic E-state index is 10.7. The number of hydrogen-bond acceptors (Lipinski definition) is 3. The van der Waals surface area contributed by atoms with Gasteiger partial charge in [0.25, 0.3) is 5.84 Å². The molecular formula is C27H33N2O3+. The second-order valence-electron chi connectivity index (χ2n) is 7.97. The number of anilines is 1. The summed E-state index contributed by atoms with van der Waals surface area (Å²) >= 11 is 0. The Balaban J connectivity index is 1.67. The van der Waals surface area contributed by atoms with E-state index < -0.39 is 5.97 Å². The van der Waals surface area contributed by atoms with Crippen LogP contribution in [0.1, 0.15) is 32.3 Å². The van der Waals surface area contributed by atoms with E-state index in [1.54, 1.807) is 0 Å². The Morgan fingerprint density at radius 2 is 1.88 bits per heavy atom. The molecule has 0 amide bonds. The van der Waals surface area contributed by atoms with Gasteiger partial charge in [0.05, 0.1) is 6.54 Å². The van der Waals surface area contributed by atoms with Crippen molar-refractivity contribution in [3.8, 4) is 5.75 Å². The van der Waals surface area contributed by atoms with Crippen molar-refractivity contribution in [3.05, 3.63) is 84.0 Å². The summed E-state index contributed by atoms with van der Waals surface area (Å²) in [6.07, 6.45) is 8.09. The summed E-state index contributed by atoms with van der Waals surface area (Å²) < 4.78 is 8.45. The number of carboxylic acid groups (broad SMARTS) is 1. The highest BCUT2D eigenvalue weighted by Crippen LogP contribution is 2.18. The summed E-state index contributed by atoms with van der Waals surface area (Å²) in [6.45, 7) is 7.46. The fourth-order valence-corrected chi connectivity index (χ4v) is 3.81. The molecule has 0 radical (unpaired) electrons. The number of likely N-dealkylation sites (N-methyl/N-ethyl adjacent to an activating group) is 1. The van der Waals surface area contributed by atoms with Crippen molar-refractivity contribution in [2.75, 3.05) is 31.1 Å². The number of benzene rings is 2. The average Bonchev–Trinajstić information content (AvgIpc) is 2.99. The molecule has 32 heavy (non-hydrogen) atoms. The van der Waals surface area contributed by atoms with Gasteiger partial charge in [-0.25, -0.2) is 4.90 Å². The number of para-hydroxylation sites is 1. The Bertz CT molecular complexity index is 976. The van der Waals surface area contributed by atoms with Crippen molar-refractivity contribution in [1.29, 1.82) is 0 Å². The molecule has 5 nitrogen and oxygen atoms in total. The predicted molar refractivity (Wildman–Crippen MR) is 130 cm³/mol. The van der Waals surface area contributed by atoms with E-state index in [1.165, 1.54) is 11.4 Å². The number of allylic oxidation sites excluding steroid dienone is 2. The summed E-state index contributed by atoms with van der Waals surface area (Å²) in [4.78, 5) is 13.0. The van der Waals surface area contributed by atoms with Gasteiger partial charge in [0.15, 0.2) is 0 Å². The molecule has 0 atom stereocenters. The molecule has 0 bridgehead atoms. The van der Waals surface area contributed by atoms with E-state index in [4.69, 9.17) is 9.84 Å². The van der Waals surface area contributed by atoms with E-state index in [0.717, 1.165) is 43.1 Å². The maximum atomic E-state index is 10.7. The molecule has 1 aliphatic rings. The number of amidine groups is 1. The van der Waals surface area contributed by atoms with E-state index in [2.05, 4.69) is 65.8 Å². The Labute approximate surface area is 191 Å². The first-order valence-electron chi connectivity index (χ1n) is 11.3. The van der Waals surface area contributed by atoms with Crippen LogP contribution in [0.4, 0.5) is 5.69 Å². The topological polar surface area (TPSA) is 52.8 Å². The summed E-state index contributed by atoms with van der Waals surface area (Å²) in [5.41, 5.74) is 3.61. The van der Waals surface area contributed by atoms with E-state index in [1.807, 2.05) is 30.3 Å². The van der Waals surface area contributed by atoms with Crippen LogP contribution in [0.25, 0.3) is 0 Å². The minimum absolute atomic E-state index is 0.199. The van der Waals surface area contributed by atoms with Crippen LogP contribution in [0.3, 0.4) is 0 Å². The number of carboxylic acids is 1. The average molecular weight is 434 g/mol. The van der Waals surface area contributed by atoms with Gasteiger partial charge in [-0.3, -0.25) is 9.37 Å². The lowest BCUT2D eigenvalue weighted by atomic mass is 10.1. The van der Waals surface area contributed by atoms with Crippen LogP contribution >= 0.6 is 0 Å². The van der Waals surface area contributed by atoms with Crippen molar-refractivity contribution in [3.63, 3.8) is 0 Å². The van der Waals surface area contributed by atoms with Gasteiger partial charge in [-0.05, 0) is 62.1 Å². The molecule has 0 saturated heterocycles. The second-order valence-corrected chi connectivity index (χ2v) is 7.97. The van der Waals surface area contributed by atoms with E-state index >= 15 is 0 Å². The first kappa shape index (κ1) is 23.3. The lowest BCUT2D eigenvalue weighted by molar-refractivity contribution is -0.516. The first-order chi connectivity index (χ1) is 15.6. The maximum Gasteiger partial charge on any atom is 0.303 e. The molecule has 1 N–H and O–H groups in total. The van der Waals surface area contributed by atoms with Crippen LogP contribution in [0.2, 0.25) is 0 Å². The molecule has 0 spiro atoms. The van der Waals surface area contributed by atoms with Crippen molar-refractivity contribution >= 4 is 17.5 Å². The standard InChI is InChI=1S/C27H32N2O3/c1-3-28-21-22(2)9-7-13-26(28)29(24-11-5-4-6-12-24)19-20-32-25-17-15-23(16-18-25)10-8-14-27(30)31/h4-7,9,11-13,15-18H,3,8,10,14,19-21H2,1-2H3/p+1. The lowest BCUT2D eigenvalue weighted by Gasteiger charge is -2.21. The molecule has 0 aromatic heterocycles. The zero-order chi connectivity index (χ0) is 22.8. The van der Waals surface area contributed by atoms with E-state index in [-0.39, 0.29) is 6.42 Å². The third-order valence-electron chi connectivity index (χ3n) is 5.48. The highest BCUT2D eigenvalue weighted by molar-refractivity contribution is 6.02. The van der Waals surface area contributed by atoms with Crippen molar-refractivity contribution in [2.45, 2.75) is 33.1 Å². The summed E-state index contributed by atoms with van der Waals surface area (Å²) in [5, 5.41) is 8.78. The van der Waals surface area contributed by atoms with Gasteiger partial charge in [0, 0.05) is 12.5 Å². The minimum atomic E-state index is -0.748. The quantitative estimate of drug-likeness (QED) is 0.540. The number of hydrogen-bond donors (Lipinski definition) is 1. The largest absolute Gasteiger partial charge is 0.489 e. The van der Waals surface area contributed by atoms with Crippen molar-refractivity contribution in [2.24, 2.45) is 0 Å². The van der Waals surface area contributed by atoms with Crippen LogP contribution in [-0.4, -0.2) is 47.7 Å².